The van der Waals surface area contributed by atoms with E-state index >= 15 is 0 Å². The van der Waals surface area contributed by atoms with Crippen molar-refractivity contribution in [2.75, 3.05) is 26.3 Å². The van der Waals surface area contributed by atoms with Gasteiger partial charge >= 0.3 is 0 Å². The summed E-state index contributed by atoms with van der Waals surface area (Å²) >= 11 is 0. The van der Waals surface area contributed by atoms with Crippen molar-refractivity contribution in [3.63, 3.8) is 0 Å². The number of hydrogen-bond acceptors (Lipinski definition) is 6. The molecule has 2 aromatic carbocycles. The van der Waals surface area contributed by atoms with Gasteiger partial charge in [-0.05, 0) is 36.2 Å². The predicted octanol–water partition coefficient (Wildman–Crippen LogP) is 2.59. The van der Waals surface area contributed by atoms with E-state index < -0.39 is 0 Å². The Hall–Kier alpha value is -3.61. The molecule has 3 aliphatic heterocycles. The highest BCUT2D eigenvalue weighted by Gasteiger charge is 2.34. The third-order valence-corrected chi connectivity index (χ3v) is 5.74. The molecule has 31 heavy (non-hydrogen) atoms. The smallest absolute Gasteiger partial charge is 0.261 e. The maximum atomic E-state index is 12.7. The van der Waals surface area contributed by atoms with Crippen LogP contribution < -0.4 is 14.8 Å². The van der Waals surface area contributed by atoms with Crippen LogP contribution in [0.1, 0.15) is 44.7 Å². The molecule has 7 nitrogen and oxygen atoms in total. The number of benzene rings is 2. The van der Waals surface area contributed by atoms with E-state index in [1.807, 2.05) is 12.1 Å². The normalized spacial score (nSPS) is 18.3. The first-order valence-corrected chi connectivity index (χ1v) is 10.5. The Labute approximate surface area is 179 Å². The largest absolute Gasteiger partial charge is 0.490 e. The molecular formula is C24H22N2O5. The van der Waals surface area contributed by atoms with Crippen molar-refractivity contribution >= 4 is 23.3 Å². The molecule has 0 aromatic heterocycles. The van der Waals surface area contributed by atoms with Crippen LogP contribution in [-0.2, 0) is 11.2 Å². The zero-order valence-corrected chi connectivity index (χ0v) is 17.0. The van der Waals surface area contributed by atoms with Gasteiger partial charge in [-0.3, -0.25) is 19.3 Å². The molecule has 1 N–H and O–H groups in total. The number of carbonyl (C=O) groups excluding carboxylic acids is 3. The lowest BCUT2D eigenvalue weighted by Crippen LogP contribution is -2.32. The Bertz CT molecular complexity index is 1090. The molecule has 3 heterocycles. The highest BCUT2D eigenvalue weighted by molar-refractivity contribution is 6.21. The summed E-state index contributed by atoms with van der Waals surface area (Å²) in [6.45, 7) is 1.99. The van der Waals surface area contributed by atoms with Gasteiger partial charge in [-0.1, -0.05) is 12.1 Å². The molecule has 0 bridgehead atoms. The number of rotatable bonds is 4. The zero-order chi connectivity index (χ0) is 21.4. The molecular weight excluding hydrogens is 396 g/mol. The fourth-order valence-electron chi connectivity index (χ4n) is 4.16. The zero-order valence-electron chi connectivity index (χ0n) is 17.0. The molecule has 7 heteroatoms. The van der Waals surface area contributed by atoms with E-state index in [2.05, 4.69) is 5.32 Å². The van der Waals surface area contributed by atoms with Crippen LogP contribution in [0.5, 0.6) is 11.5 Å². The SMILES string of the molecule is O=C(C=C1NCCc2cc3c(cc21)OCCCO3)CCN1C(=O)c2ccccc2C1=O. The summed E-state index contributed by atoms with van der Waals surface area (Å²) in [5, 5.41) is 3.28. The standard InChI is InChI=1S/C24H22N2O5/c27-16(7-9-26-23(28)17-4-1-2-5-18(17)24(26)29)13-20-19-14-22-21(30-10-3-11-31-22)12-15(19)6-8-25-20/h1-2,4-5,12-14,25H,3,6-11H2. The van der Waals surface area contributed by atoms with Gasteiger partial charge in [0.2, 0.25) is 0 Å². The summed E-state index contributed by atoms with van der Waals surface area (Å²) in [6, 6.07) is 10.6. The first-order chi connectivity index (χ1) is 15.1. The number of nitrogens with zero attached hydrogens (tertiary/aromatic N) is 1. The number of allylic oxidation sites excluding steroid dienone is 1. The van der Waals surface area contributed by atoms with Crippen molar-refractivity contribution in [2.24, 2.45) is 0 Å². The quantitative estimate of drug-likeness (QED) is 0.607. The second kappa shape index (κ2) is 7.91. The van der Waals surface area contributed by atoms with Gasteiger partial charge in [-0.2, -0.15) is 0 Å². The molecule has 2 amide bonds. The maximum Gasteiger partial charge on any atom is 0.261 e. The highest BCUT2D eigenvalue weighted by atomic mass is 16.5. The van der Waals surface area contributed by atoms with E-state index in [0.29, 0.717) is 36.6 Å². The summed E-state index contributed by atoms with van der Waals surface area (Å²) in [5.41, 5.74) is 3.53. The minimum absolute atomic E-state index is 0.0585. The summed E-state index contributed by atoms with van der Waals surface area (Å²) < 4.78 is 11.6. The van der Waals surface area contributed by atoms with E-state index in [1.54, 1.807) is 30.3 Å². The van der Waals surface area contributed by atoms with Crippen LogP contribution >= 0.6 is 0 Å². The number of amides is 2. The van der Waals surface area contributed by atoms with Crippen molar-refractivity contribution < 1.29 is 23.9 Å². The molecule has 158 valence electrons. The fourth-order valence-corrected chi connectivity index (χ4v) is 4.16. The third-order valence-electron chi connectivity index (χ3n) is 5.74. The molecule has 3 aliphatic rings. The topological polar surface area (TPSA) is 84.9 Å². The van der Waals surface area contributed by atoms with Crippen LogP contribution in [0.3, 0.4) is 0 Å². The third kappa shape index (κ3) is 3.56. The molecule has 5 rings (SSSR count). The van der Waals surface area contributed by atoms with E-state index in [9.17, 15) is 14.4 Å². The van der Waals surface area contributed by atoms with Gasteiger partial charge in [0.05, 0.1) is 24.3 Å². The predicted molar refractivity (Wildman–Crippen MR) is 113 cm³/mol. The molecule has 0 fully saturated rings. The lowest BCUT2D eigenvalue weighted by molar-refractivity contribution is -0.114. The second-order valence-electron chi connectivity index (χ2n) is 7.77. The van der Waals surface area contributed by atoms with Crippen LogP contribution in [0, 0.1) is 0 Å². The van der Waals surface area contributed by atoms with E-state index in [4.69, 9.17) is 9.47 Å². The van der Waals surface area contributed by atoms with Gasteiger partial charge in [-0.25, -0.2) is 0 Å². The van der Waals surface area contributed by atoms with E-state index in [0.717, 1.165) is 40.3 Å². The van der Waals surface area contributed by atoms with Crippen LogP contribution in [0.2, 0.25) is 0 Å². The first kappa shape index (κ1) is 19.4. The van der Waals surface area contributed by atoms with Crippen molar-refractivity contribution in [3.05, 3.63) is 64.7 Å². The van der Waals surface area contributed by atoms with Crippen LogP contribution in [0.15, 0.2) is 42.5 Å². The number of imide groups is 1. The van der Waals surface area contributed by atoms with Crippen molar-refractivity contribution in [1.29, 1.82) is 0 Å². The molecule has 0 saturated carbocycles. The molecule has 0 atom stereocenters. The lowest BCUT2D eigenvalue weighted by Gasteiger charge is -2.23. The summed E-state index contributed by atoms with van der Waals surface area (Å²) in [5.74, 6) is 0.585. The van der Waals surface area contributed by atoms with Gasteiger partial charge in [0, 0.05) is 43.3 Å². The maximum absolute atomic E-state index is 12.7. The van der Waals surface area contributed by atoms with Gasteiger partial charge < -0.3 is 14.8 Å². The Morgan fingerprint density at radius 1 is 1.00 bits per heavy atom. The van der Waals surface area contributed by atoms with Crippen LogP contribution in [-0.4, -0.2) is 48.8 Å². The molecule has 0 aliphatic carbocycles. The van der Waals surface area contributed by atoms with Gasteiger partial charge in [0.1, 0.15) is 0 Å². The van der Waals surface area contributed by atoms with Crippen molar-refractivity contribution in [1.82, 2.24) is 10.2 Å². The number of carbonyl (C=O) groups is 3. The van der Waals surface area contributed by atoms with E-state index in [1.165, 1.54) is 0 Å². The molecule has 0 spiro atoms. The molecule has 0 radical (unpaired) electrons. The minimum Gasteiger partial charge on any atom is -0.490 e. The number of fused-ring (bicyclic) bond motifs is 3. The van der Waals surface area contributed by atoms with Crippen LogP contribution in [0.4, 0.5) is 0 Å². The monoisotopic (exact) mass is 418 g/mol. The molecule has 0 saturated heterocycles. The minimum atomic E-state index is -0.345. The highest BCUT2D eigenvalue weighted by Crippen LogP contribution is 2.36. The van der Waals surface area contributed by atoms with E-state index in [-0.39, 0.29) is 30.6 Å². The van der Waals surface area contributed by atoms with Gasteiger partial charge in [0.15, 0.2) is 17.3 Å². The molecule has 0 unspecified atom stereocenters. The number of hydrogen-bond donors (Lipinski definition) is 1. The lowest BCUT2D eigenvalue weighted by atomic mass is 9.96. The second-order valence-corrected chi connectivity index (χ2v) is 7.77. The Morgan fingerprint density at radius 2 is 1.68 bits per heavy atom. The first-order valence-electron chi connectivity index (χ1n) is 10.5. The van der Waals surface area contributed by atoms with Crippen molar-refractivity contribution in [3.8, 4) is 11.5 Å². The number of nitrogens with one attached hydrogen (secondary N) is 1. The van der Waals surface area contributed by atoms with Crippen molar-refractivity contribution in [2.45, 2.75) is 19.3 Å². The van der Waals surface area contributed by atoms with Gasteiger partial charge in [0.25, 0.3) is 11.8 Å². The summed E-state index contributed by atoms with van der Waals surface area (Å²) in [6.07, 6.45) is 3.28. The average molecular weight is 418 g/mol. The fraction of sp³-hybridized carbons (Fsp3) is 0.292. The Morgan fingerprint density at radius 3 is 2.39 bits per heavy atom. The number of ether oxygens (including phenoxy) is 2. The Balaban J connectivity index is 1.32. The summed E-state index contributed by atoms with van der Waals surface area (Å²) in [4.78, 5) is 38.8. The van der Waals surface area contributed by atoms with Gasteiger partial charge in [-0.15, -0.1) is 0 Å². The average Bonchev–Trinajstić information content (AvgIpc) is 2.92. The summed E-state index contributed by atoms with van der Waals surface area (Å²) in [7, 11) is 0. The molecule has 2 aromatic rings. The number of ketones is 1. The Kier molecular flexibility index (Phi) is 4.94. The van der Waals surface area contributed by atoms with Crippen LogP contribution in [0.25, 0.3) is 5.70 Å².